The second kappa shape index (κ2) is 4.49. The molecule has 0 bridgehead atoms. The Labute approximate surface area is 95.3 Å². The molecule has 4 heteroatoms. The molecule has 0 atom stereocenters. The highest BCUT2D eigenvalue weighted by Crippen LogP contribution is 2.23. The maximum atomic E-state index is 5.43. The van der Waals surface area contributed by atoms with Crippen molar-refractivity contribution in [2.24, 2.45) is 5.73 Å². The highest BCUT2D eigenvalue weighted by Gasteiger charge is 2.12. The third kappa shape index (κ3) is 2.59. The fourth-order valence-corrected chi connectivity index (χ4v) is 2.02. The zero-order chi connectivity index (χ0) is 10.7. The first-order valence-corrected chi connectivity index (χ1v) is 5.58. The van der Waals surface area contributed by atoms with Gasteiger partial charge >= 0.3 is 0 Å². The largest absolute Gasteiger partial charge is 0.376 e. The fourth-order valence-electron chi connectivity index (χ4n) is 1.90. The molecule has 1 saturated heterocycles. The molecule has 0 saturated carbocycles. The van der Waals surface area contributed by atoms with Crippen LogP contribution >= 0.6 is 12.2 Å². The Morgan fingerprint density at radius 2 is 2.07 bits per heavy atom. The summed E-state index contributed by atoms with van der Waals surface area (Å²) < 4.78 is 0. The smallest absolute Gasteiger partial charge is 0.168 e. The molecule has 80 valence electrons. The van der Waals surface area contributed by atoms with E-state index in [1.165, 1.54) is 18.5 Å². The summed E-state index contributed by atoms with van der Waals surface area (Å²) in [6.45, 7) is 2.30. The minimum atomic E-state index is 0.313. The molecule has 1 aromatic carbocycles. The van der Waals surface area contributed by atoms with Gasteiger partial charge in [-0.05, 0) is 43.3 Å². The zero-order valence-corrected chi connectivity index (χ0v) is 9.39. The number of rotatable bonds is 2. The molecule has 0 aliphatic carbocycles. The van der Waals surface area contributed by atoms with Crippen molar-refractivity contribution in [3.63, 3.8) is 0 Å². The summed E-state index contributed by atoms with van der Waals surface area (Å²) in [6, 6.07) is 8.20. The molecular weight excluding hydrogens is 206 g/mol. The quantitative estimate of drug-likeness (QED) is 0.749. The maximum absolute atomic E-state index is 5.43. The fraction of sp³-hybridized carbons (Fsp3) is 0.364. The van der Waals surface area contributed by atoms with E-state index >= 15 is 0 Å². The molecule has 0 amide bonds. The second-order valence-electron chi connectivity index (χ2n) is 3.73. The lowest BCUT2D eigenvalue weighted by molar-refractivity contribution is 0.949. The van der Waals surface area contributed by atoms with Crippen molar-refractivity contribution in [2.75, 3.05) is 23.3 Å². The Bertz CT molecular complexity index is 359. The average Bonchev–Trinajstić information content (AvgIpc) is 2.69. The Kier molecular flexibility index (Phi) is 3.06. The molecule has 1 aromatic rings. The summed E-state index contributed by atoms with van der Waals surface area (Å²) in [7, 11) is 0. The normalized spacial score (nSPS) is 15.3. The summed E-state index contributed by atoms with van der Waals surface area (Å²) in [5.74, 6) is 0. The van der Waals surface area contributed by atoms with Crippen LogP contribution in [0.4, 0.5) is 11.4 Å². The van der Waals surface area contributed by atoms with Crippen molar-refractivity contribution in [1.82, 2.24) is 0 Å². The number of nitrogens with one attached hydrogen (secondary N) is 1. The highest BCUT2D eigenvalue weighted by atomic mass is 32.1. The summed E-state index contributed by atoms with van der Waals surface area (Å²) in [5, 5.41) is 3.26. The standard InChI is InChI=1S/C11H15N3S/c12-11(15)13-9-4-3-5-10(8-9)14-6-1-2-7-14/h3-5,8H,1-2,6-7H2,(H3,12,13,15). The molecule has 0 radical (unpaired) electrons. The molecular formula is C11H15N3S. The molecule has 2 rings (SSSR count). The van der Waals surface area contributed by atoms with Crippen molar-refractivity contribution >= 4 is 28.7 Å². The monoisotopic (exact) mass is 221 g/mol. The molecule has 3 N–H and O–H groups in total. The molecule has 0 unspecified atom stereocenters. The number of hydrogen-bond acceptors (Lipinski definition) is 2. The average molecular weight is 221 g/mol. The van der Waals surface area contributed by atoms with Crippen molar-refractivity contribution in [3.05, 3.63) is 24.3 Å². The van der Waals surface area contributed by atoms with E-state index in [2.05, 4.69) is 22.3 Å². The van der Waals surface area contributed by atoms with E-state index in [0.717, 1.165) is 18.8 Å². The van der Waals surface area contributed by atoms with E-state index in [9.17, 15) is 0 Å². The van der Waals surface area contributed by atoms with Gasteiger partial charge in [0.1, 0.15) is 0 Å². The summed E-state index contributed by atoms with van der Waals surface area (Å²) in [4.78, 5) is 2.38. The molecule has 15 heavy (non-hydrogen) atoms. The molecule has 1 aliphatic rings. The lowest BCUT2D eigenvalue weighted by Crippen LogP contribution is -2.20. The summed E-state index contributed by atoms with van der Waals surface area (Å²) in [6.07, 6.45) is 2.57. The third-order valence-corrected chi connectivity index (χ3v) is 2.69. The first-order chi connectivity index (χ1) is 7.25. The van der Waals surface area contributed by atoms with Crippen LogP contribution in [0.25, 0.3) is 0 Å². The van der Waals surface area contributed by atoms with Gasteiger partial charge in [0.15, 0.2) is 5.11 Å². The van der Waals surface area contributed by atoms with E-state index < -0.39 is 0 Å². The van der Waals surface area contributed by atoms with Crippen LogP contribution in [-0.4, -0.2) is 18.2 Å². The lowest BCUT2D eigenvalue weighted by Gasteiger charge is -2.18. The van der Waals surface area contributed by atoms with Crippen LogP contribution in [0.15, 0.2) is 24.3 Å². The van der Waals surface area contributed by atoms with Gasteiger partial charge in [-0.15, -0.1) is 0 Å². The molecule has 1 aliphatic heterocycles. The van der Waals surface area contributed by atoms with Gasteiger partial charge in [0.2, 0.25) is 0 Å². The maximum Gasteiger partial charge on any atom is 0.168 e. The van der Waals surface area contributed by atoms with Crippen LogP contribution in [0, 0.1) is 0 Å². The van der Waals surface area contributed by atoms with Crippen molar-refractivity contribution in [2.45, 2.75) is 12.8 Å². The number of thiocarbonyl (C=S) groups is 1. The van der Waals surface area contributed by atoms with Crippen molar-refractivity contribution in [3.8, 4) is 0 Å². The lowest BCUT2D eigenvalue weighted by atomic mass is 10.2. The first kappa shape index (κ1) is 10.2. The van der Waals surface area contributed by atoms with Gasteiger partial charge < -0.3 is 16.0 Å². The third-order valence-electron chi connectivity index (χ3n) is 2.58. The Morgan fingerprint density at radius 3 is 2.73 bits per heavy atom. The van der Waals surface area contributed by atoms with Crippen LogP contribution in [0.5, 0.6) is 0 Å². The number of nitrogens with zero attached hydrogens (tertiary/aromatic N) is 1. The number of hydrogen-bond donors (Lipinski definition) is 2. The summed E-state index contributed by atoms with van der Waals surface area (Å²) >= 11 is 4.81. The van der Waals surface area contributed by atoms with Gasteiger partial charge in [0.05, 0.1) is 0 Å². The van der Waals surface area contributed by atoms with E-state index in [1.54, 1.807) is 0 Å². The SMILES string of the molecule is NC(=S)Nc1cccc(N2CCCC2)c1. The van der Waals surface area contributed by atoms with Gasteiger partial charge in [0.25, 0.3) is 0 Å². The van der Waals surface area contributed by atoms with E-state index in [1.807, 2.05) is 12.1 Å². The predicted molar refractivity (Wildman–Crippen MR) is 68.3 cm³/mol. The second-order valence-corrected chi connectivity index (χ2v) is 4.17. The van der Waals surface area contributed by atoms with E-state index in [4.69, 9.17) is 18.0 Å². The Balaban J connectivity index is 2.14. The Morgan fingerprint density at radius 1 is 1.33 bits per heavy atom. The van der Waals surface area contributed by atoms with Gasteiger partial charge in [-0.1, -0.05) is 6.07 Å². The molecule has 3 nitrogen and oxygen atoms in total. The van der Waals surface area contributed by atoms with Crippen LogP contribution in [0.3, 0.4) is 0 Å². The minimum absolute atomic E-state index is 0.313. The van der Waals surface area contributed by atoms with E-state index in [-0.39, 0.29) is 0 Å². The van der Waals surface area contributed by atoms with Gasteiger partial charge in [-0.25, -0.2) is 0 Å². The summed E-state index contributed by atoms with van der Waals surface area (Å²) in [5.41, 5.74) is 7.64. The van der Waals surface area contributed by atoms with Crippen LogP contribution in [0.1, 0.15) is 12.8 Å². The molecule has 0 aromatic heterocycles. The topological polar surface area (TPSA) is 41.3 Å². The Hall–Kier alpha value is -1.29. The first-order valence-electron chi connectivity index (χ1n) is 5.17. The van der Waals surface area contributed by atoms with Crippen molar-refractivity contribution in [1.29, 1.82) is 0 Å². The number of anilines is 2. The van der Waals surface area contributed by atoms with Crippen LogP contribution < -0.4 is 16.0 Å². The number of nitrogens with two attached hydrogens (primary N) is 1. The van der Waals surface area contributed by atoms with Gasteiger partial charge in [-0.3, -0.25) is 0 Å². The molecule has 1 heterocycles. The van der Waals surface area contributed by atoms with Crippen molar-refractivity contribution < 1.29 is 0 Å². The van der Waals surface area contributed by atoms with Crippen LogP contribution in [0.2, 0.25) is 0 Å². The van der Waals surface area contributed by atoms with Gasteiger partial charge in [-0.2, -0.15) is 0 Å². The number of benzene rings is 1. The van der Waals surface area contributed by atoms with Crippen LogP contribution in [-0.2, 0) is 0 Å². The molecule has 1 fully saturated rings. The molecule has 0 spiro atoms. The van der Waals surface area contributed by atoms with E-state index in [0.29, 0.717) is 5.11 Å². The minimum Gasteiger partial charge on any atom is -0.376 e. The predicted octanol–water partition coefficient (Wildman–Crippen LogP) is 1.94. The zero-order valence-electron chi connectivity index (χ0n) is 8.57. The highest BCUT2D eigenvalue weighted by molar-refractivity contribution is 7.80. The van der Waals surface area contributed by atoms with Gasteiger partial charge in [0, 0.05) is 24.5 Å².